The summed E-state index contributed by atoms with van der Waals surface area (Å²) in [5, 5.41) is -0.295. The molecule has 0 radical (unpaired) electrons. The van der Waals surface area contributed by atoms with Crippen LogP contribution in [0, 0.1) is 0 Å². The van der Waals surface area contributed by atoms with E-state index in [0.29, 0.717) is 12.8 Å². The van der Waals surface area contributed by atoms with Crippen molar-refractivity contribution in [1.82, 2.24) is 0 Å². The predicted octanol–water partition coefficient (Wildman–Crippen LogP) is 2.50. The van der Waals surface area contributed by atoms with Gasteiger partial charge in [-0.05, 0) is 19.8 Å². The van der Waals surface area contributed by atoms with E-state index in [1.807, 2.05) is 0 Å². The summed E-state index contributed by atoms with van der Waals surface area (Å²) in [6.45, 7) is 5.51. The number of alkyl halides is 2. The molecule has 4 atom stereocenters. The summed E-state index contributed by atoms with van der Waals surface area (Å²) in [6, 6.07) is 0. The Morgan fingerprint density at radius 3 is 2.75 bits per heavy atom. The molecule has 0 heterocycles. The summed E-state index contributed by atoms with van der Waals surface area (Å²) < 4.78 is 10.1. The molecule has 1 fully saturated rings. The molecule has 92 valence electrons. The highest BCUT2D eigenvalue weighted by atomic mass is 35.5. The van der Waals surface area contributed by atoms with E-state index in [4.69, 9.17) is 27.9 Å². The average molecular weight is 267 g/mol. The SMILES string of the molecule is C=C1CC(OC(C)C(=O)OC)C(Cl)CC1Cl. The quantitative estimate of drug-likeness (QED) is 0.447. The lowest BCUT2D eigenvalue weighted by Gasteiger charge is -2.32. The molecule has 0 spiro atoms. The third-order valence-electron chi connectivity index (χ3n) is 2.65. The van der Waals surface area contributed by atoms with Crippen LogP contribution in [-0.2, 0) is 14.3 Å². The van der Waals surface area contributed by atoms with Crippen LogP contribution >= 0.6 is 23.2 Å². The number of halogens is 2. The standard InChI is InChI=1S/C11H16Cl2O3/c1-6-4-10(9(13)5-8(6)12)16-7(2)11(14)15-3/h7-10H,1,4-5H2,2-3H3. The Bertz CT molecular complexity index is 280. The minimum atomic E-state index is -0.615. The number of ether oxygens (including phenoxy) is 2. The van der Waals surface area contributed by atoms with Gasteiger partial charge in [-0.15, -0.1) is 23.2 Å². The van der Waals surface area contributed by atoms with Crippen molar-refractivity contribution in [3.05, 3.63) is 12.2 Å². The van der Waals surface area contributed by atoms with Gasteiger partial charge in [-0.3, -0.25) is 0 Å². The Morgan fingerprint density at radius 1 is 1.56 bits per heavy atom. The molecular weight excluding hydrogens is 251 g/mol. The fourth-order valence-corrected chi connectivity index (χ4v) is 2.35. The second-order valence-electron chi connectivity index (χ2n) is 3.92. The third-order valence-corrected chi connectivity index (χ3v) is 3.60. The van der Waals surface area contributed by atoms with Crippen molar-refractivity contribution >= 4 is 29.2 Å². The molecule has 4 unspecified atom stereocenters. The predicted molar refractivity (Wildman–Crippen MR) is 64.0 cm³/mol. The Balaban J connectivity index is 2.54. The van der Waals surface area contributed by atoms with Gasteiger partial charge >= 0.3 is 5.97 Å². The molecule has 0 aromatic rings. The van der Waals surface area contributed by atoms with E-state index in [-0.39, 0.29) is 16.9 Å². The zero-order valence-electron chi connectivity index (χ0n) is 9.41. The van der Waals surface area contributed by atoms with Gasteiger partial charge in [0.25, 0.3) is 0 Å². The number of carbonyl (C=O) groups excluding carboxylic acids is 1. The summed E-state index contributed by atoms with van der Waals surface area (Å²) in [6.07, 6.45) is 0.360. The van der Waals surface area contributed by atoms with Crippen LogP contribution in [0.3, 0.4) is 0 Å². The minimum absolute atomic E-state index is 0.101. The van der Waals surface area contributed by atoms with E-state index in [2.05, 4.69) is 11.3 Å². The molecule has 0 N–H and O–H groups in total. The average Bonchev–Trinajstić information content (AvgIpc) is 2.24. The van der Waals surface area contributed by atoms with Crippen LogP contribution in [0.15, 0.2) is 12.2 Å². The maximum atomic E-state index is 11.2. The molecule has 1 aliphatic carbocycles. The van der Waals surface area contributed by atoms with Crippen LogP contribution < -0.4 is 0 Å². The number of hydrogen-bond acceptors (Lipinski definition) is 3. The first-order chi connectivity index (χ1) is 7.45. The van der Waals surface area contributed by atoms with Crippen molar-refractivity contribution in [2.45, 2.75) is 42.7 Å². The van der Waals surface area contributed by atoms with Gasteiger partial charge in [0.2, 0.25) is 0 Å². The second kappa shape index (κ2) is 5.89. The molecule has 0 aromatic carbocycles. The largest absolute Gasteiger partial charge is 0.467 e. The number of hydrogen-bond donors (Lipinski definition) is 0. The Hall–Kier alpha value is -0.250. The van der Waals surface area contributed by atoms with Gasteiger partial charge in [0.1, 0.15) is 0 Å². The van der Waals surface area contributed by atoms with Crippen molar-refractivity contribution in [1.29, 1.82) is 0 Å². The maximum absolute atomic E-state index is 11.2. The van der Waals surface area contributed by atoms with Gasteiger partial charge in [-0.2, -0.15) is 0 Å². The van der Waals surface area contributed by atoms with Crippen molar-refractivity contribution in [3.63, 3.8) is 0 Å². The minimum Gasteiger partial charge on any atom is -0.467 e. The topological polar surface area (TPSA) is 35.5 Å². The number of carbonyl (C=O) groups is 1. The van der Waals surface area contributed by atoms with E-state index in [1.165, 1.54) is 7.11 Å². The molecule has 3 nitrogen and oxygen atoms in total. The molecule has 0 aliphatic heterocycles. The lowest BCUT2D eigenvalue weighted by molar-refractivity contribution is -0.156. The summed E-state index contributed by atoms with van der Waals surface area (Å²) >= 11 is 12.2. The van der Waals surface area contributed by atoms with E-state index < -0.39 is 12.1 Å². The van der Waals surface area contributed by atoms with E-state index in [1.54, 1.807) is 6.92 Å². The van der Waals surface area contributed by atoms with Crippen LogP contribution in [0.4, 0.5) is 0 Å². The molecule has 1 saturated carbocycles. The third kappa shape index (κ3) is 3.37. The molecule has 16 heavy (non-hydrogen) atoms. The van der Waals surface area contributed by atoms with Crippen LogP contribution in [0.25, 0.3) is 0 Å². The molecule has 0 saturated heterocycles. The van der Waals surface area contributed by atoms with Gasteiger partial charge < -0.3 is 9.47 Å². The van der Waals surface area contributed by atoms with E-state index in [9.17, 15) is 4.79 Å². The first-order valence-electron chi connectivity index (χ1n) is 5.14. The molecule has 0 aromatic heterocycles. The van der Waals surface area contributed by atoms with E-state index in [0.717, 1.165) is 5.57 Å². The fourth-order valence-electron chi connectivity index (χ4n) is 1.65. The maximum Gasteiger partial charge on any atom is 0.334 e. The number of esters is 1. The highest BCUT2D eigenvalue weighted by Crippen LogP contribution is 2.32. The van der Waals surface area contributed by atoms with Crippen LogP contribution in [0.5, 0.6) is 0 Å². The Kier molecular flexibility index (Phi) is 5.09. The number of methoxy groups -OCH3 is 1. The van der Waals surface area contributed by atoms with Crippen LogP contribution in [0.2, 0.25) is 0 Å². The van der Waals surface area contributed by atoms with Crippen LogP contribution in [-0.4, -0.2) is 36.0 Å². The van der Waals surface area contributed by atoms with Gasteiger partial charge in [0.15, 0.2) is 6.10 Å². The lowest BCUT2D eigenvalue weighted by atomic mass is 9.92. The summed E-state index contributed by atoms with van der Waals surface area (Å²) in [4.78, 5) is 11.2. The van der Waals surface area contributed by atoms with Crippen LogP contribution in [0.1, 0.15) is 19.8 Å². The molecule has 1 rings (SSSR count). The Morgan fingerprint density at radius 2 is 2.19 bits per heavy atom. The van der Waals surface area contributed by atoms with Gasteiger partial charge in [0, 0.05) is 0 Å². The first-order valence-corrected chi connectivity index (χ1v) is 6.02. The summed E-state index contributed by atoms with van der Waals surface area (Å²) in [5.74, 6) is -0.400. The molecule has 0 amide bonds. The van der Waals surface area contributed by atoms with Crippen molar-refractivity contribution in [2.24, 2.45) is 0 Å². The highest BCUT2D eigenvalue weighted by Gasteiger charge is 2.33. The van der Waals surface area contributed by atoms with E-state index >= 15 is 0 Å². The highest BCUT2D eigenvalue weighted by molar-refractivity contribution is 6.25. The zero-order chi connectivity index (χ0) is 12.3. The summed E-state index contributed by atoms with van der Waals surface area (Å²) in [7, 11) is 1.33. The van der Waals surface area contributed by atoms with Crippen molar-refractivity contribution in [3.8, 4) is 0 Å². The molecular formula is C11H16Cl2O3. The molecule has 1 aliphatic rings. The molecule has 0 bridgehead atoms. The van der Waals surface area contributed by atoms with Crippen molar-refractivity contribution in [2.75, 3.05) is 7.11 Å². The van der Waals surface area contributed by atoms with Crippen molar-refractivity contribution < 1.29 is 14.3 Å². The Labute approximate surface area is 106 Å². The molecule has 5 heteroatoms. The monoisotopic (exact) mass is 266 g/mol. The second-order valence-corrected chi connectivity index (χ2v) is 5.01. The summed E-state index contributed by atoms with van der Waals surface area (Å²) in [5.41, 5.74) is 0.903. The fraction of sp³-hybridized carbons (Fsp3) is 0.727. The smallest absolute Gasteiger partial charge is 0.334 e. The van der Waals surface area contributed by atoms with Gasteiger partial charge in [0.05, 0.1) is 24.0 Å². The normalized spacial score (nSPS) is 32.2. The van der Waals surface area contributed by atoms with Gasteiger partial charge in [-0.1, -0.05) is 12.2 Å². The number of rotatable bonds is 3. The first kappa shape index (κ1) is 13.8. The zero-order valence-corrected chi connectivity index (χ0v) is 10.9. The van der Waals surface area contributed by atoms with Gasteiger partial charge in [-0.25, -0.2) is 4.79 Å². The lowest BCUT2D eigenvalue weighted by Crippen LogP contribution is -2.38.